The summed E-state index contributed by atoms with van der Waals surface area (Å²) in [7, 11) is 0. The van der Waals surface area contributed by atoms with Gasteiger partial charge in [0.1, 0.15) is 11.8 Å². The Bertz CT molecular complexity index is 556. The molecule has 0 aliphatic carbocycles. The van der Waals surface area contributed by atoms with Gasteiger partial charge in [0.05, 0.1) is 6.61 Å². The van der Waals surface area contributed by atoms with Crippen LogP contribution in [0, 0.1) is 0 Å². The molecule has 1 aromatic carbocycles. The zero-order valence-electron chi connectivity index (χ0n) is 15.8. The topological polar surface area (TPSA) is 64.6 Å². The number of carbonyl (C=O) groups is 1. The van der Waals surface area contributed by atoms with E-state index in [4.69, 9.17) is 20.5 Å². The summed E-state index contributed by atoms with van der Waals surface area (Å²) in [5, 5.41) is 2.51. The van der Waals surface area contributed by atoms with Crippen LogP contribution in [-0.2, 0) is 14.1 Å². The van der Waals surface area contributed by atoms with Crippen molar-refractivity contribution in [2.75, 3.05) is 6.61 Å². The number of ether oxygens (including phenoxy) is 1. The van der Waals surface area contributed by atoms with E-state index in [2.05, 4.69) is 12.0 Å². The molecule has 0 aliphatic rings. The van der Waals surface area contributed by atoms with Crippen molar-refractivity contribution in [3.8, 4) is 5.75 Å². The lowest BCUT2D eigenvalue weighted by Gasteiger charge is -2.18. The molecule has 0 radical (unpaired) electrons. The van der Waals surface area contributed by atoms with Gasteiger partial charge < -0.3 is 9.26 Å². The van der Waals surface area contributed by atoms with Gasteiger partial charge in [0.25, 0.3) is 0 Å². The van der Waals surface area contributed by atoms with Gasteiger partial charge in [0.15, 0.2) is 0 Å². The third kappa shape index (κ3) is 10.8. The van der Waals surface area contributed by atoms with Gasteiger partial charge in [-0.3, -0.25) is 4.79 Å². The van der Waals surface area contributed by atoms with Crippen molar-refractivity contribution in [2.24, 2.45) is 0 Å². The first-order valence-corrected chi connectivity index (χ1v) is 12.0. The Morgan fingerprint density at radius 2 is 1.65 bits per heavy atom. The molecule has 0 aromatic heterocycles. The molecule has 0 saturated carbocycles. The van der Waals surface area contributed by atoms with Gasteiger partial charge in [0.2, 0.25) is 0 Å². The molecular formula is C19H31ClNO4P. The standard InChI is InChI=1S/C19H31ClNO4P/c1-3-4-5-6-7-8-9-13-16-24-19(22)17(2)21-26(20,23)25-18-14-11-10-12-15-18/h10-12,14-15,17H,3-9,13,16H2,1-2H3,(H,21,23)/t17-,26?/m0/s1. The first-order valence-electron chi connectivity index (χ1n) is 9.43. The summed E-state index contributed by atoms with van der Waals surface area (Å²) in [5.41, 5.74) is 0. The number of unbranched alkanes of at least 4 members (excludes halogenated alkanes) is 7. The van der Waals surface area contributed by atoms with Crippen LogP contribution in [0.5, 0.6) is 5.75 Å². The summed E-state index contributed by atoms with van der Waals surface area (Å²) in [6.45, 7) is 0.465. The van der Waals surface area contributed by atoms with E-state index in [1.54, 1.807) is 31.2 Å². The minimum Gasteiger partial charge on any atom is -0.465 e. The number of rotatable bonds is 14. The molecule has 0 bridgehead atoms. The molecule has 2 atom stereocenters. The zero-order valence-corrected chi connectivity index (χ0v) is 17.4. The maximum Gasteiger partial charge on any atom is 0.409 e. The molecule has 1 aromatic rings. The van der Waals surface area contributed by atoms with E-state index in [1.165, 1.54) is 32.1 Å². The highest BCUT2D eigenvalue weighted by Crippen LogP contribution is 2.48. The Balaban J connectivity index is 2.17. The number of esters is 1. The number of para-hydroxylation sites is 1. The van der Waals surface area contributed by atoms with Crippen LogP contribution in [0.3, 0.4) is 0 Å². The second-order valence-corrected chi connectivity index (χ2v) is 9.11. The average Bonchev–Trinajstić information content (AvgIpc) is 2.60. The molecule has 1 N–H and O–H groups in total. The van der Waals surface area contributed by atoms with E-state index in [-0.39, 0.29) is 0 Å². The lowest BCUT2D eigenvalue weighted by Crippen LogP contribution is -2.33. The first-order chi connectivity index (χ1) is 12.4. The molecule has 7 heteroatoms. The van der Waals surface area contributed by atoms with E-state index in [0.29, 0.717) is 12.4 Å². The van der Waals surface area contributed by atoms with Gasteiger partial charge in [-0.1, -0.05) is 70.1 Å². The molecule has 1 rings (SSSR count). The van der Waals surface area contributed by atoms with Crippen LogP contribution in [0.2, 0.25) is 0 Å². The number of carbonyl (C=O) groups excluding carboxylic acids is 1. The first kappa shape index (κ1) is 23.0. The third-order valence-corrected chi connectivity index (χ3v) is 5.55. The molecule has 148 valence electrons. The molecule has 0 amide bonds. The highest BCUT2D eigenvalue weighted by molar-refractivity contribution is 7.84. The fourth-order valence-corrected chi connectivity index (χ4v) is 4.15. The lowest BCUT2D eigenvalue weighted by molar-refractivity contribution is -0.145. The molecule has 0 fully saturated rings. The highest BCUT2D eigenvalue weighted by Gasteiger charge is 2.27. The van der Waals surface area contributed by atoms with E-state index >= 15 is 0 Å². The Morgan fingerprint density at radius 3 is 2.27 bits per heavy atom. The average molecular weight is 404 g/mol. The number of nitrogens with one attached hydrogen (secondary N) is 1. The quantitative estimate of drug-likeness (QED) is 0.232. The van der Waals surface area contributed by atoms with Crippen molar-refractivity contribution in [3.05, 3.63) is 30.3 Å². The van der Waals surface area contributed by atoms with Gasteiger partial charge in [-0.2, -0.15) is 0 Å². The summed E-state index contributed by atoms with van der Waals surface area (Å²) >= 11 is 5.88. The van der Waals surface area contributed by atoms with Crippen molar-refractivity contribution in [1.29, 1.82) is 0 Å². The molecule has 0 spiro atoms. The van der Waals surface area contributed by atoms with Crippen LogP contribution in [0.1, 0.15) is 65.2 Å². The van der Waals surface area contributed by atoms with Gasteiger partial charge in [-0.15, -0.1) is 0 Å². The fourth-order valence-electron chi connectivity index (χ4n) is 2.46. The van der Waals surface area contributed by atoms with Gasteiger partial charge >= 0.3 is 12.8 Å². The minimum absolute atomic E-state index is 0.367. The zero-order chi connectivity index (χ0) is 19.3. The van der Waals surface area contributed by atoms with E-state index in [9.17, 15) is 9.36 Å². The summed E-state index contributed by atoms with van der Waals surface area (Å²) in [5.74, 6) is -0.108. The third-order valence-electron chi connectivity index (χ3n) is 3.91. The maximum absolute atomic E-state index is 12.2. The maximum atomic E-state index is 12.2. The van der Waals surface area contributed by atoms with E-state index < -0.39 is 18.9 Å². The fraction of sp³-hybridized carbons (Fsp3) is 0.632. The SMILES string of the molecule is CCCCCCCCCCOC(=O)[C@H](C)NP(=O)(Cl)Oc1ccccc1. The molecule has 1 unspecified atom stereocenters. The van der Waals surface area contributed by atoms with Crippen molar-refractivity contribution in [2.45, 2.75) is 71.3 Å². The molecule has 26 heavy (non-hydrogen) atoms. The molecular weight excluding hydrogens is 373 g/mol. The predicted octanol–water partition coefficient (Wildman–Crippen LogP) is 6.07. The Labute approximate surface area is 162 Å². The van der Waals surface area contributed by atoms with Crippen molar-refractivity contribution in [3.63, 3.8) is 0 Å². The second kappa shape index (κ2) is 13.2. The number of hydrogen-bond acceptors (Lipinski definition) is 4. The number of hydrogen-bond donors (Lipinski definition) is 1. The van der Waals surface area contributed by atoms with Gasteiger partial charge in [0, 0.05) is 11.2 Å². The summed E-state index contributed by atoms with van der Waals surface area (Å²) < 4.78 is 22.7. The van der Waals surface area contributed by atoms with Crippen LogP contribution in [0.4, 0.5) is 0 Å². The second-order valence-electron chi connectivity index (χ2n) is 6.38. The van der Waals surface area contributed by atoms with E-state index in [1.807, 2.05) is 6.07 Å². The largest absolute Gasteiger partial charge is 0.465 e. The summed E-state index contributed by atoms with van der Waals surface area (Å²) in [6.07, 6.45) is 9.43. The smallest absolute Gasteiger partial charge is 0.409 e. The minimum atomic E-state index is -3.67. The number of benzene rings is 1. The highest BCUT2D eigenvalue weighted by atomic mass is 35.7. The van der Waals surface area contributed by atoms with Gasteiger partial charge in [-0.25, -0.2) is 9.65 Å². The van der Waals surface area contributed by atoms with Crippen LogP contribution in [-0.4, -0.2) is 18.6 Å². The van der Waals surface area contributed by atoms with Crippen LogP contribution >= 0.6 is 18.1 Å². The molecule has 0 aliphatic heterocycles. The van der Waals surface area contributed by atoms with Crippen molar-refractivity contribution < 1.29 is 18.6 Å². The van der Waals surface area contributed by atoms with Crippen molar-refractivity contribution >= 4 is 24.1 Å². The monoisotopic (exact) mass is 403 g/mol. The van der Waals surface area contributed by atoms with Crippen molar-refractivity contribution in [1.82, 2.24) is 5.09 Å². The summed E-state index contributed by atoms with van der Waals surface area (Å²) in [6, 6.07) is 7.77. The Hall–Kier alpha value is -1.03. The van der Waals surface area contributed by atoms with Crippen LogP contribution in [0.15, 0.2) is 30.3 Å². The summed E-state index contributed by atoms with van der Waals surface area (Å²) in [4.78, 5) is 12.0. The van der Waals surface area contributed by atoms with E-state index in [0.717, 1.165) is 19.3 Å². The van der Waals surface area contributed by atoms with Gasteiger partial charge in [-0.05, 0) is 25.5 Å². The van der Waals surface area contributed by atoms with Crippen LogP contribution in [0.25, 0.3) is 0 Å². The Kier molecular flexibility index (Phi) is 11.7. The molecule has 0 saturated heterocycles. The lowest BCUT2D eigenvalue weighted by atomic mass is 10.1. The predicted molar refractivity (Wildman–Crippen MR) is 107 cm³/mol. The molecule has 0 heterocycles. The molecule has 5 nitrogen and oxygen atoms in total. The Morgan fingerprint density at radius 1 is 1.08 bits per heavy atom. The number of halogens is 1. The normalized spacial score (nSPS) is 14.4. The van der Waals surface area contributed by atoms with Crippen LogP contribution < -0.4 is 9.61 Å².